The van der Waals surface area contributed by atoms with Crippen molar-refractivity contribution in [3.05, 3.63) is 46.9 Å². The number of fused-ring (bicyclic) bond motifs is 1. The first-order valence-corrected chi connectivity index (χ1v) is 11.3. The molecule has 5 nitrogen and oxygen atoms in total. The molecular weight excluding hydrogens is 458 g/mol. The monoisotopic (exact) mass is 479 g/mol. The van der Waals surface area contributed by atoms with Gasteiger partial charge in [0.15, 0.2) is 5.13 Å². The Morgan fingerprint density at radius 3 is 2.61 bits per heavy atom. The van der Waals surface area contributed by atoms with Crippen LogP contribution in [0.5, 0.6) is 5.75 Å². The number of carbonyl (C=O) groups is 1. The van der Waals surface area contributed by atoms with Crippen molar-refractivity contribution in [3.8, 4) is 5.75 Å². The van der Waals surface area contributed by atoms with Gasteiger partial charge in [-0.1, -0.05) is 27.3 Å². The number of likely N-dealkylation sites (N-methyl/N-ethyl adjacent to an activating group) is 1. The van der Waals surface area contributed by atoms with Crippen molar-refractivity contribution >= 4 is 60.3 Å². The van der Waals surface area contributed by atoms with Crippen LogP contribution in [0.4, 0.5) is 5.13 Å². The van der Waals surface area contributed by atoms with E-state index in [-0.39, 0.29) is 5.91 Å². The van der Waals surface area contributed by atoms with Crippen LogP contribution >= 0.6 is 39.0 Å². The Morgan fingerprint density at radius 1 is 1.18 bits per heavy atom. The lowest BCUT2D eigenvalue weighted by atomic mass is 10.3. The molecule has 0 N–H and O–H groups in total. The Morgan fingerprint density at radius 2 is 1.93 bits per heavy atom. The second-order valence-electron chi connectivity index (χ2n) is 6.42. The normalized spacial score (nSPS) is 11.2. The van der Waals surface area contributed by atoms with Crippen molar-refractivity contribution in [3.63, 3.8) is 0 Å². The number of carbonyl (C=O) groups excluding carboxylic acids is 1. The minimum atomic E-state index is 0.0563. The van der Waals surface area contributed by atoms with Crippen molar-refractivity contribution in [2.45, 2.75) is 4.90 Å². The molecule has 1 aromatic heterocycles. The summed E-state index contributed by atoms with van der Waals surface area (Å²) in [4.78, 5) is 22.6. The SMILES string of the molecule is COc1ccc(SCC(=O)N(CCN(C)C)c2nc3ccc(Br)cc3s2)cc1. The third-order valence-corrected chi connectivity index (χ3v) is 6.59. The Hall–Kier alpha value is -1.61. The summed E-state index contributed by atoms with van der Waals surface area (Å²) in [7, 11) is 5.65. The van der Waals surface area contributed by atoms with Crippen molar-refractivity contribution in [1.82, 2.24) is 9.88 Å². The van der Waals surface area contributed by atoms with Crippen molar-refractivity contribution < 1.29 is 9.53 Å². The predicted molar refractivity (Wildman–Crippen MR) is 122 cm³/mol. The van der Waals surface area contributed by atoms with Gasteiger partial charge in [-0.15, -0.1) is 11.8 Å². The van der Waals surface area contributed by atoms with E-state index in [1.807, 2.05) is 56.6 Å². The van der Waals surface area contributed by atoms with Crippen LogP contribution in [0.15, 0.2) is 51.8 Å². The number of hydrogen-bond donors (Lipinski definition) is 0. The van der Waals surface area contributed by atoms with E-state index in [1.165, 1.54) is 11.8 Å². The van der Waals surface area contributed by atoms with Crippen molar-refractivity contribution in [2.75, 3.05) is 44.9 Å². The molecule has 3 aromatic rings. The number of hydrogen-bond acceptors (Lipinski definition) is 6. The summed E-state index contributed by atoms with van der Waals surface area (Å²) in [5.41, 5.74) is 0.911. The van der Waals surface area contributed by atoms with Gasteiger partial charge in [0.2, 0.25) is 5.91 Å². The van der Waals surface area contributed by atoms with Crippen LogP contribution in [0.3, 0.4) is 0 Å². The van der Waals surface area contributed by atoms with Gasteiger partial charge < -0.3 is 9.64 Å². The van der Waals surface area contributed by atoms with Gasteiger partial charge >= 0.3 is 0 Å². The Balaban J connectivity index is 1.76. The summed E-state index contributed by atoms with van der Waals surface area (Å²) in [6, 6.07) is 13.7. The maximum atomic E-state index is 13.0. The zero-order chi connectivity index (χ0) is 20.1. The molecule has 0 saturated carbocycles. The van der Waals surface area contributed by atoms with Crippen molar-refractivity contribution in [1.29, 1.82) is 0 Å². The fraction of sp³-hybridized carbons (Fsp3) is 0.300. The third kappa shape index (κ3) is 5.47. The number of anilines is 1. The summed E-state index contributed by atoms with van der Waals surface area (Å²) < 4.78 is 7.26. The van der Waals surface area contributed by atoms with E-state index in [9.17, 15) is 4.79 Å². The van der Waals surface area contributed by atoms with E-state index < -0.39 is 0 Å². The molecule has 0 spiro atoms. The summed E-state index contributed by atoms with van der Waals surface area (Å²) in [5.74, 6) is 1.23. The largest absolute Gasteiger partial charge is 0.497 e. The average molecular weight is 480 g/mol. The van der Waals surface area contributed by atoms with Gasteiger partial charge in [0.05, 0.1) is 23.1 Å². The second-order valence-corrected chi connectivity index (χ2v) is 9.39. The molecular formula is C20H22BrN3O2S2. The van der Waals surface area contributed by atoms with Crippen LogP contribution in [0.25, 0.3) is 10.2 Å². The number of halogens is 1. The van der Waals surface area contributed by atoms with E-state index >= 15 is 0 Å². The maximum Gasteiger partial charge on any atom is 0.239 e. The van der Waals surface area contributed by atoms with Gasteiger partial charge in [-0.3, -0.25) is 9.69 Å². The van der Waals surface area contributed by atoms with Crippen LogP contribution in [0.2, 0.25) is 0 Å². The molecule has 148 valence electrons. The van der Waals surface area contributed by atoms with Crippen LogP contribution in [-0.4, -0.2) is 55.8 Å². The third-order valence-electron chi connectivity index (χ3n) is 4.06. The standard InChI is InChI=1S/C20H22BrN3O2S2/c1-23(2)10-11-24(20-22-17-9-4-14(21)12-18(17)28-20)19(25)13-27-16-7-5-15(26-3)6-8-16/h4-9,12H,10-11,13H2,1-3H3. The molecule has 0 radical (unpaired) electrons. The average Bonchev–Trinajstić information content (AvgIpc) is 3.09. The Labute approximate surface area is 181 Å². The first-order valence-electron chi connectivity index (χ1n) is 8.74. The fourth-order valence-corrected chi connectivity index (χ4v) is 4.86. The second kappa shape index (κ2) is 9.73. The van der Waals surface area contributed by atoms with Gasteiger partial charge in [0.1, 0.15) is 5.75 Å². The van der Waals surface area contributed by atoms with E-state index in [1.54, 1.807) is 23.3 Å². The van der Waals surface area contributed by atoms with E-state index in [4.69, 9.17) is 4.74 Å². The molecule has 0 unspecified atom stereocenters. The molecule has 0 bridgehead atoms. The zero-order valence-corrected chi connectivity index (χ0v) is 19.2. The first kappa shape index (κ1) is 21.1. The number of rotatable bonds is 8. The minimum absolute atomic E-state index is 0.0563. The number of thioether (sulfide) groups is 1. The topological polar surface area (TPSA) is 45.7 Å². The lowest BCUT2D eigenvalue weighted by Gasteiger charge is -2.21. The molecule has 28 heavy (non-hydrogen) atoms. The molecule has 0 aliphatic rings. The van der Waals surface area contributed by atoms with Crippen LogP contribution in [0, 0.1) is 0 Å². The van der Waals surface area contributed by atoms with Crippen LogP contribution in [0.1, 0.15) is 0 Å². The number of benzene rings is 2. The van der Waals surface area contributed by atoms with Gasteiger partial charge in [-0.2, -0.15) is 0 Å². The molecule has 1 amide bonds. The molecule has 0 aliphatic heterocycles. The highest BCUT2D eigenvalue weighted by molar-refractivity contribution is 9.10. The molecule has 0 fully saturated rings. The number of amides is 1. The van der Waals surface area contributed by atoms with E-state index in [2.05, 4.69) is 25.8 Å². The number of aromatic nitrogens is 1. The predicted octanol–water partition coefficient (Wildman–Crippen LogP) is 4.75. The lowest BCUT2D eigenvalue weighted by molar-refractivity contribution is -0.116. The van der Waals surface area contributed by atoms with Crippen LogP contribution < -0.4 is 9.64 Å². The smallest absolute Gasteiger partial charge is 0.239 e. The minimum Gasteiger partial charge on any atom is -0.497 e. The van der Waals surface area contributed by atoms with Gasteiger partial charge in [-0.05, 0) is 56.6 Å². The zero-order valence-electron chi connectivity index (χ0n) is 16.0. The molecule has 1 heterocycles. The molecule has 3 rings (SSSR count). The summed E-state index contributed by atoms with van der Waals surface area (Å²) in [5, 5.41) is 0.746. The first-order chi connectivity index (χ1) is 13.5. The maximum absolute atomic E-state index is 13.0. The molecule has 0 atom stereocenters. The van der Waals surface area contributed by atoms with Gasteiger partial charge in [0, 0.05) is 22.5 Å². The number of ether oxygens (including phenoxy) is 1. The molecule has 0 aliphatic carbocycles. The summed E-state index contributed by atoms with van der Waals surface area (Å²) in [6.45, 7) is 1.38. The quantitative estimate of drug-likeness (QED) is 0.436. The Bertz CT molecular complexity index is 944. The molecule has 0 saturated heterocycles. The van der Waals surface area contributed by atoms with Crippen LogP contribution in [-0.2, 0) is 4.79 Å². The molecule has 2 aromatic carbocycles. The number of nitrogens with zero attached hydrogens (tertiary/aromatic N) is 3. The number of methoxy groups -OCH3 is 1. The highest BCUT2D eigenvalue weighted by Gasteiger charge is 2.20. The fourth-order valence-electron chi connectivity index (χ4n) is 2.52. The summed E-state index contributed by atoms with van der Waals surface area (Å²) >= 11 is 6.57. The molecule has 8 heteroatoms. The highest BCUT2D eigenvalue weighted by atomic mass is 79.9. The van der Waals surface area contributed by atoms with Gasteiger partial charge in [-0.25, -0.2) is 4.98 Å². The lowest BCUT2D eigenvalue weighted by Crippen LogP contribution is -2.37. The van der Waals surface area contributed by atoms with E-state index in [0.29, 0.717) is 12.3 Å². The Kier molecular flexibility index (Phi) is 7.34. The number of thiazole rings is 1. The van der Waals surface area contributed by atoms with Gasteiger partial charge in [0.25, 0.3) is 0 Å². The highest BCUT2D eigenvalue weighted by Crippen LogP contribution is 2.31. The van der Waals surface area contributed by atoms with Crippen molar-refractivity contribution in [2.24, 2.45) is 0 Å². The van der Waals surface area contributed by atoms with E-state index in [0.717, 1.165) is 37.0 Å². The summed E-state index contributed by atoms with van der Waals surface area (Å²) in [6.07, 6.45) is 0.